The molecule has 132 valence electrons. The number of esters is 1. The molecule has 0 aromatic rings. The number of morpholine rings is 1. The maximum Gasteiger partial charge on any atom is 0.410 e. The first-order chi connectivity index (χ1) is 10.4. The van der Waals surface area contributed by atoms with E-state index in [1.807, 2.05) is 41.5 Å². The summed E-state index contributed by atoms with van der Waals surface area (Å²) in [6.45, 7) is 14.0. The third-order valence-electron chi connectivity index (χ3n) is 2.98. The number of hydrogen-bond acceptors (Lipinski definition) is 5. The summed E-state index contributed by atoms with van der Waals surface area (Å²) in [6.07, 6.45) is 0.730. The molecule has 0 aromatic carbocycles. The normalized spacial score (nSPS) is 20.2. The van der Waals surface area contributed by atoms with Crippen molar-refractivity contribution in [1.29, 1.82) is 0 Å². The van der Waals surface area contributed by atoms with Crippen molar-refractivity contribution in [2.24, 2.45) is 0 Å². The molecule has 1 aliphatic rings. The summed E-state index contributed by atoms with van der Waals surface area (Å²) in [5, 5.41) is 0. The van der Waals surface area contributed by atoms with Crippen LogP contribution in [0.2, 0.25) is 0 Å². The van der Waals surface area contributed by atoms with Crippen molar-refractivity contribution in [1.82, 2.24) is 4.90 Å². The second-order valence-corrected chi connectivity index (χ2v) is 7.71. The number of rotatable bonds is 2. The first-order valence-electron chi connectivity index (χ1n) is 7.88. The van der Waals surface area contributed by atoms with Crippen molar-refractivity contribution in [3.8, 4) is 0 Å². The molecule has 0 radical (unpaired) electrons. The van der Waals surface area contributed by atoms with Crippen molar-refractivity contribution in [3.63, 3.8) is 0 Å². The van der Waals surface area contributed by atoms with E-state index >= 15 is 0 Å². The summed E-state index contributed by atoms with van der Waals surface area (Å²) < 4.78 is 16.3. The molecule has 1 fully saturated rings. The predicted molar refractivity (Wildman–Crippen MR) is 87.1 cm³/mol. The van der Waals surface area contributed by atoms with Crippen LogP contribution in [-0.4, -0.2) is 54.0 Å². The molecule has 1 atom stereocenters. The van der Waals surface area contributed by atoms with Crippen LogP contribution >= 0.6 is 0 Å². The molecule has 1 aliphatic heterocycles. The van der Waals surface area contributed by atoms with E-state index in [9.17, 15) is 9.59 Å². The monoisotopic (exact) mass is 327 g/mol. The number of nitrogens with zero attached hydrogens (tertiary/aromatic N) is 1. The molecule has 6 nitrogen and oxygen atoms in total. The Labute approximate surface area is 138 Å². The SMILES string of the molecule is C/C(=C\C(=O)OC(C)(C)C)C1CN(C(=O)OC(C)(C)C)CCO1. The first kappa shape index (κ1) is 19.5. The highest BCUT2D eigenvalue weighted by Gasteiger charge is 2.29. The zero-order valence-corrected chi connectivity index (χ0v) is 15.3. The minimum absolute atomic E-state index is 0.330. The molecule has 0 aliphatic carbocycles. The van der Waals surface area contributed by atoms with E-state index in [2.05, 4.69) is 0 Å². The van der Waals surface area contributed by atoms with Gasteiger partial charge in [-0.3, -0.25) is 0 Å². The van der Waals surface area contributed by atoms with E-state index in [1.165, 1.54) is 6.08 Å². The Bertz CT molecular complexity index is 470. The number of carbonyl (C=O) groups is 2. The smallest absolute Gasteiger partial charge is 0.410 e. The van der Waals surface area contributed by atoms with E-state index in [0.717, 1.165) is 5.57 Å². The molecule has 1 heterocycles. The molecule has 1 saturated heterocycles. The van der Waals surface area contributed by atoms with E-state index in [1.54, 1.807) is 11.8 Å². The van der Waals surface area contributed by atoms with Crippen molar-refractivity contribution in [2.75, 3.05) is 19.7 Å². The van der Waals surface area contributed by atoms with E-state index in [4.69, 9.17) is 14.2 Å². The van der Waals surface area contributed by atoms with Crippen LogP contribution in [0.4, 0.5) is 4.79 Å². The van der Waals surface area contributed by atoms with Crippen LogP contribution in [-0.2, 0) is 19.0 Å². The Morgan fingerprint density at radius 1 is 1.09 bits per heavy atom. The Morgan fingerprint density at radius 3 is 2.17 bits per heavy atom. The van der Waals surface area contributed by atoms with Gasteiger partial charge < -0.3 is 19.1 Å². The molecule has 0 bridgehead atoms. The highest BCUT2D eigenvalue weighted by Crippen LogP contribution is 2.17. The molecule has 23 heavy (non-hydrogen) atoms. The minimum Gasteiger partial charge on any atom is -0.457 e. The summed E-state index contributed by atoms with van der Waals surface area (Å²) >= 11 is 0. The number of amides is 1. The largest absolute Gasteiger partial charge is 0.457 e. The van der Waals surface area contributed by atoms with Gasteiger partial charge in [0, 0.05) is 12.6 Å². The topological polar surface area (TPSA) is 65.1 Å². The van der Waals surface area contributed by atoms with Crippen molar-refractivity contribution in [2.45, 2.75) is 65.8 Å². The average molecular weight is 327 g/mol. The predicted octanol–water partition coefficient (Wildman–Crippen LogP) is 2.91. The van der Waals surface area contributed by atoms with Crippen LogP contribution < -0.4 is 0 Å². The Balaban J connectivity index is 2.67. The second kappa shape index (κ2) is 7.34. The molecular formula is C17H29NO5. The molecule has 0 saturated carbocycles. The Kier molecular flexibility index (Phi) is 6.22. The van der Waals surface area contributed by atoms with E-state index < -0.39 is 17.2 Å². The first-order valence-corrected chi connectivity index (χ1v) is 7.88. The number of carbonyl (C=O) groups excluding carboxylic acids is 2. The van der Waals surface area contributed by atoms with Gasteiger partial charge in [0.05, 0.1) is 19.3 Å². The summed E-state index contributed by atoms with van der Waals surface area (Å²) in [6, 6.07) is 0. The molecule has 0 N–H and O–H groups in total. The second-order valence-electron chi connectivity index (χ2n) is 7.71. The van der Waals surface area contributed by atoms with Crippen LogP contribution in [0.5, 0.6) is 0 Å². The summed E-state index contributed by atoms with van der Waals surface area (Å²) in [5.41, 5.74) is -0.344. The van der Waals surface area contributed by atoms with Gasteiger partial charge >= 0.3 is 12.1 Å². The highest BCUT2D eigenvalue weighted by atomic mass is 16.6. The third kappa shape index (κ3) is 7.50. The fourth-order valence-electron chi connectivity index (χ4n) is 2.03. The maximum absolute atomic E-state index is 12.1. The fourth-order valence-corrected chi connectivity index (χ4v) is 2.03. The van der Waals surface area contributed by atoms with Crippen LogP contribution in [0.1, 0.15) is 48.5 Å². The number of hydrogen-bond donors (Lipinski definition) is 0. The lowest BCUT2D eigenvalue weighted by Gasteiger charge is -2.34. The minimum atomic E-state index is -0.538. The molecule has 1 amide bonds. The summed E-state index contributed by atoms with van der Waals surface area (Å²) in [7, 11) is 0. The average Bonchev–Trinajstić information content (AvgIpc) is 2.34. The summed E-state index contributed by atoms with van der Waals surface area (Å²) in [4.78, 5) is 25.6. The van der Waals surface area contributed by atoms with Gasteiger partial charge in [-0.25, -0.2) is 9.59 Å². The molecule has 1 rings (SSSR count). The third-order valence-corrected chi connectivity index (χ3v) is 2.98. The van der Waals surface area contributed by atoms with Crippen LogP contribution in [0, 0.1) is 0 Å². The molecule has 0 aromatic heterocycles. The van der Waals surface area contributed by atoms with Crippen molar-refractivity contribution >= 4 is 12.1 Å². The lowest BCUT2D eigenvalue weighted by atomic mass is 10.1. The van der Waals surface area contributed by atoms with Gasteiger partial charge in [0.15, 0.2) is 0 Å². The Hall–Kier alpha value is -1.56. The van der Waals surface area contributed by atoms with Crippen LogP contribution in [0.25, 0.3) is 0 Å². The van der Waals surface area contributed by atoms with Gasteiger partial charge in [0.1, 0.15) is 11.2 Å². The van der Waals surface area contributed by atoms with Gasteiger partial charge in [-0.1, -0.05) is 0 Å². The van der Waals surface area contributed by atoms with Gasteiger partial charge in [-0.05, 0) is 54.0 Å². The molecule has 0 spiro atoms. The van der Waals surface area contributed by atoms with E-state index in [-0.39, 0.29) is 12.2 Å². The maximum atomic E-state index is 12.1. The standard InChI is InChI=1S/C17H29NO5/c1-12(10-14(19)22-16(2,3)4)13-11-18(8-9-21-13)15(20)23-17(5,6)7/h10,13H,8-9,11H2,1-7H3/b12-10+. The van der Waals surface area contributed by atoms with Crippen LogP contribution in [0.15, 0.2) is 11.6 Å². The summed E-state index contributed by atoms with van der Waals surface area (Å²) in [5.74, 6) is -0.409. The van der Waals surface area contributed by atoms with Gasteiger partial charge in [0.25, 0.3) is 0 Å². The van der Waals surface area contributed by atoms with Crippen molar-refractivity contribution in [3.05, 3.63) is 11.6 Å². The van der Waals surface area contributed by atoms with E-state index in [0.29, 0.717) is 19.7 Å². The fraction of sp³-hybridized carbons (Fsp3) is 0.765. The lowest BCUT2D eigenvalue weighted by molar-refractivity contribution is -0.148. The zero-order valence-electron chi connectivity index (χ0n) is 15.3. The molecule has 1 unspecified atom stereocenters. The lowest BCUT2D eigenvalue weighted by Crippen LogP contribution is -2.47. The highest BCUT2D eigenvalue weighted by molar-refractivity contribution is 5.83. The van der Waals surface area contributed by atoms with Gasteiger partial charge in [-0.15, -0.1) is 0 Å². The quantitative estimate of drug-likeness (QED) is 0.576. The Morgan fingerprint density at radius 2 is 1.65 bits per heavy atom. The number of ether oxygens (including phenoxy) is 3. The van der Waals surface area contributed by atoms with Gasteiger partial charge in [-0.2, -0.15) is 0 Å². The molecule has 6 heteroatoms. The molecular weight excluding hydrogens is 298 g/mol. The van der Waals surface area contributed by atoms with Crippen LogP contribution in [0.3, 0.4) is 0 Å². The van der Waals surface area contributed by atoms with Crippen molar-refractivity contribution < 1.29 is 23.8 Å². The van der Waals surface area contributed by atoms with Gasteiger partial charge in [0.2, 0.25) is 0 Å². The zero-order chi connectivity index (χ0) is 17.8.